The molecule has 0 unspecified atom stereocenters. The zero-order valence-electron chi connectivity index (χ0n) is 14.4. The molecule has 1 heterocycles. The van der Waals surface area contributed by atoms with Crippen LogP contribution in [0.5, 0.6) is 0 Å². The summed E-state index contributed by atoms with van der Waals surface area (Å²) in [6.45, 7) is -0.0838. The van der Waals surface area contributed by atoms with Crippen LogP contribution in [0.4, 0.5) is 5.13 Å². The lowest BCUT2D eigenvalue weighted by Gasteiger charge is -2.08. The summed E-state index contributed by atoms with van der Waals surface area (Å²) in [5, 5.41) is 8.09. The fourth-order valence-corrected chi connectivity index (χ4v) is 3.83. The Hall–Kier alpha value is -3.25. The summed E-state index contributed by atoms with van der Waals surface area (Å²) in [6, 6.07) is 21.5. The molecule has 134 valence electrons. The quantitative estimate of drug-likeness (QED) is 0.558. The fraction of sp³-hybridized carbons (Fsp3) is 0.0952. The van der Waals surface area contributed by atoms with Crippen LogP contribution in [0.15, 0.2) is 66.7 Å². The van der Waals surface area contributed by atoms with E-state index in [1.807, 2.05) is 66.7 Å². The highest BCUT2D eigenvalue weighted by atomic mass is 32.1. The molecule has 0 saturated heterocycles. The average Bonchev–Trinajstić information content (AvgIpc) is 3.09. The number of rotatable bonds is 5. The molecule has 2 amide bonds. The lowest BCUT2D eigenvalue weighted by molar-refractivity contribution is -0.123. The predicted octanol–water partition coefficient (Wildman–Crippen LogP) is 3.75. The number of anilines is 1. The summed E-state index contributed by atoms with van der Waals surface area (Å²) >= 11 is 1.41. The van der Waals surface area contributed by atoms with Crippen LogP contribution in [0.3, 0.4) is 0 Å². The maximum Gasteiger partial charge on any atom is 0.245 e. The molecule has 27 heavy (non-hydrogen) atoms. The number of hydrogen-bond donors (Lipinski definition) is 2. The molecule has 4 aromatic rings. The van der Waals surface area contributed by atoms with Crippen molar-refractivity contribution in [3.8, 4) is 0 Å². The molecule has 4 rings (SSSR count). The second-order valence-electron chi connectivity index (χ2n) is 6.13. The molecular weight excluding hydrogens is 358 g/mol. The Bertz CT molecular complexity index is 1100. The minimum absolute atomic E-state index is 0.0838. The Labute approximate surface area is 160 Å². The SMILES string of the molecule is O=C(Cc1cccc2ccccc12)NCC(=O)Nc1nc2ccccc2s1. The van der Waals surface area contributed by atoms with E-state index in [0.717, 1.165) is 26.6 Å². The zero-order valence-corrected chi connectivity index (χ0v) is 15.3. The number of nitrogens with one attached hydrogen (secondary N) is 2. The second kappa shape index (κ2) is 7.55. The third kappa shape index (κ3) is 3.96. The van der Waals surface area contributed by atoms with Crippen LogP contribution in [0.2, 0.25) is 0 Å². The first-order valence-corrected chi connectivity index (χ1v) is 9.39. The van der Waals surface area contributed by atoms with Gasteiger partial charge in [-0.1, -0.05) is 65.9 Å². The van der Waals surface area contributed by atoms with Gasteiger partial charge in [0.25, 0.3) is 0 Å². The summed E-state index contributed by atoms with van der Waals surface area (Å²) in [7, 11) is 0. The monoisotopic (exact) mass is 375 g/mol. The highest BCUT2D eigenvalue weighted by Gasteiger charge is 2.11. The van der Waals surface area contributed by atoms with Gasteiger partial charge < -0.3 is 10.6 Å². The molecule has 0 atom stereocenters. The highest BCUT2D eigenvalue weighted by molar-refractivity contribution is 7.22. The van der Waals surface area contributed by atoms with E-state index in [1.54, 1.807) is 0 Å². The standard InChI is InChI=1S/C21H17N3O2S/c25-19(12-15-8-5-7-14-6-1-2-9-16(14)15)22-13-20(26)24-21-23-17-10-3-4-11-18(17)27-21/h1-11H,12-13H2,(H,22,25)(H,23,24,26). The maximum absolute atomic E-state index is 12.2. The Balaban J connectivity index is 1.35. The van der Waals surface area contributed by atoms with Gasteiger partial charge in [-0.2, -0.15) is 0 Å². The van der Waals surface area contributed by atoms with Crippen LogP contribution in [0.25, 0.3) is 21.0 Å². The molecule has 0 fully saturated rings. The van der Waals surface area contributed by atoms with Crippen molar-refractivity contribution in [3.63, 3.8) is 0 Å². The van der Waals surface area contributed by atoms with E-state index in [9.17, 15) is 9.59 Å². The Kier molecular flexibility index (Phi) is 4.80. The number of benzene rings is 3. The molecule has 0 aliphatic rings. The molecule has 1 aromatic heterocycles. The van der Waals surface area contributed by atoms with Gasteiger partial charge in [0.15, 0.2) is 5.13 Å². The summed E-state index contributed by atoms with van der Waals surface area (Å²) < 4.78 is 1.01. The van der Waals surface area contributed by atoms with Crippen LogP contribution < -0.4 is 10.6 Å². The number of amides is 2. The van der Waals surface area contributed by atoms with Gasteiger partial charge in [0.05, 0.1) is 23.2 Å². The number of thiazole rings is 1. The molecule has 0 radical (unpaired) electrons. The largest absolute Gasteiger partial charge is 0.347 e. The molecule has 0 spiro atoms. The van der Waals surface area contributed by atoms with Gasteiger partial charge in [0.2, 0.25) is 11.8 Å². The van der Waals surface area contributed by atoms with Crippen LogP contribution in [-0.2, 0) is 16.0 Å². The van der Waals surface area contributed by atoms with E-state index in [4.69, 9.17) is 0 Å². The first-order valence-electron chi connectivity index (χ1n) is 8.58. The first-order chi connectivity index (χ1) is 13.2. The first kappa shape index (κ1) is 17.2. The van der Waals surface area contributed by atoms with Crippen molar-refractivity contribution in [2.45, 2.75) is 6.42 Å². The second-order valence-corrected chi connectivity index (χ2v) is 7.16. The number of fused-ring (bicyclic) bond motifs is 2. The number of nitrogens with zero attached hydrogens (tertiary/aromatic N) is 1. The molecule has 5 nitrogen and oxygen atoms in total. The summed E-state index contributed by atoms with van der Waals surface area (Å²) in [6.07, 6.45) is 0.232. The van der Waals surface area contributed by atoms with Crippen molar-refractivity contribution in [2.24, 2.45) is 0 Å². The molecule has 0 saturated carbocycles. The Morgan fingerprint density at radius 2 is 1.67 bits per heavy atom. The van der Waals surface area contributed by atoms with Gasteiger partial charge in [0.1, 0.15) is 0 Å². The predicted molar refractivity (Wildman–Crippen MR) is 109 cm³/mol. The zero-order chi connectivity index (χ0) is 18.6. The Morgan fingerprint density at radius 1 is 0.889 bits per heavy atom. The van der Waals surface area contributed by atoms with Crippen LogP contribution in [0, 0.1) is 0 Å². The third-order valence-electron chi connectivity index (χ3n) is 4.22. The van der Waals surface area contributed by atoms with Crippen LogP contribution >= 0.6 is 11.3 Å². The number of hydrogen-bond acceptors (Lipinski definition) is 4. The lowest BCUT2D eigenvalue weighted by Crippen LogP contribution is -2.33. The smallest absolute Gasteiger partial charge is 0.245 e. The van der Waals surface area contributed by atoms with Crippen molar-refractivity contribution in [3.05, 3.63) is 72.3 Å². The molecule has 6 heteroatoms. The molecular formula is C21H17N3O2S. The van der Waals surface area contributed by atoms with Gasteiger partial charge in [-0.15, -0.1) is 0 Å². The number of carbonyl (C=O) groups is 2. The maximum atomic E-state index is 12.2. The van der Waals surface area contributed by atoms with E-state index in [-0.39, 0.29) is 24.8 Å². The van der Waals surface area contributed by atoms with Gasteiger partial charge in [-0.3, -0.25) is 9.59 Å². The molecule has 0 aliphatic heterocycles. The van der Waals surface area contributed by atoms with Gasteiger partial charge in [-0.25, -0.2) is 4.98 Å². The number of aromatic nitrogens is 1. The Morgan fingerprint density at radius 3 is 2.56 bits per heavy atom. The van der Waals surface area contributed by atoms with Crippen molar-refractivity contribution >= 4 is 49.3 Å². The van der Waals surface area contributed by atoms with Crippen LogP contribution in [0.1, 0.15) is 5.56 Å². The molecule has 0 aliphatic carbocycles. The summed E-state index contributed by atoms with van der Waals surface area (Å²) in [5.74, 6) is -0.480. The molecule has 2 N–H and O–H groups in total. The van der Waals surface area contributed by atoms with E-state index in [1.165, 1.54) is 11.3 Å². The topological polar surface area (TPSA) is 71.1 Å². The normalized spacial score (nSPS) is 10.8. The van der Waals surface area contributed by atoms with E-state index < -0.39 is 0 Å². The van der Waals surface area contributed by atoms with E-state index >= 15 is 0 Å². The minimum Gasteiger partial charge on any atom is -0.347 e. The van der Waals surface area contributed by atoms with E-state index in [2.05, 4.69) is 15.6 Å². The minimum atomic E-state index is -0.291. The molecule has 3 aromatic carbocycles. The van der Waals surface area contributed by atoms with Gasteiger partial charge >= 0.3 is 0 Å². The lowest BCUT2D eigenvalue weighted by atomic mass is 10.0. The van der Waals surface area contributed by atoms with Crippen molar-refractivity contribution in [2.75, 3.05) is 11.9 Å². The van der Waals surface area contributed by atoms with Gasteiger partial charge in [0, 0.05) is 0 Å². The van der Waals surface area contributed by atoms with Crippen molar-refractivity contribution < 1.29 is 9.59 Å². The summed E-state index contributed by atoms with van der Waals surface area (Å²) in [5.41, 5.74) is 1.79. The van der Waals surface area contributed by atoms with Crippen molar-refractivity contribution in [1.82, 2.24) is 10.3 Å². The average molecular weight is 375 g/mol. The fourth-order valence-electron chi connectivity index (χ4n) is 2.95. The van der Waals surface area contributed by atoms with Gasteiger partial charge in [-0.05, 0) is 28.5 Å². The third-order valence-corrected chi connectivity index (χ3v) is 5.17. The highest BCUT2D eigenvalue weighted by Crippen LogP contribution is 2.25. The van der Waals surface area contributed by atoms with Crippen molar-refractivity contribution in [1.29, 1.82) is 0 Å². The number of carbonyl (C=O) groups excluding carboxylic acids is 2. The molecule has 0 bridgehead atoms. The van der Waals surface area contributed by atoms with Crippen LogP contribution in [-0.4, -0.2) is 23.3 Å². The number of para-hydroxylation sites is 1. The van der Waals surface area contributed by atoms with E-state index in [0.29, 0.717) is 5.13 Å². The summed E-state index contributed by atoms with van der Waals surface area (Å²) in [4.78, 5) is 28.7.